The van der Waals surface area contributed by atoms with Gasteiger partial charge in [-0.2, -0.15) is 0 Å². The molecule has 3 fully saturated rings. The molecule has 0 aromatic rings. The minimum Gasteiger partial charge on any atom is -0.477 e. The number of nitrogens with one attached hydrogen (secondary N) is 1. The lowest BCUT2D eigenvalue weighted by atomic mass is 9.79. The van der Waals surface area contributed by atoms with Gasteiger partial charge in [-0.15, -0.1) is 11.8 Å². The first kappa shape index (κ1) is 20.2. The number of amides is 1. The lowest BCUT2D eigenvalue weighted by molar-refractivity contribution is -0.163. The monoisotopic (exact) mass is 409 g/mol. The van der Waals surface area contributed by atoms with E-state index >= 15 is 0 Å². The van der Waals surface area contributed by atoms with E-state index in [1.54, 1.807) is 18.7 Å². The smallest absolute Gasteiger partial charge is 0.353 e. The summed E-state index contributed by atoms with van der Waals surface area (Å²) in [7, 11) is 0. The number of aliphatic carboxylic acids is 1. The third kappa shape index (κ3) is 3.49. The van der Waals surface area contributed by atoms with Crippen molar-refractivity contribution in [3.05, 3.63) is 10.6 Å². The topological polar surface area (TPSA) is 93.1 Å². The summed E-state index contributed by atoms with van der Waals surface area (Å²) >= 11 is 1.65. The van der Waals surface area contributed by atoms with Gasteiger partial charge >= 0.3 is 5.97 Å². The number of β-lactam (4-membered cyclic amide) rings is 1. The lowest BCUT2D eigenvalue weighted by Gasteiger charge is -2.46. The van der Waals surface area contributed by atoms with Crippen LogP contribution in [0, 0.1) is 11.8 Å². The Hall–Kier alpha value is -1.09. The molecule has 8 heteroatoms. The second-order valence-electron chi connectivity index (χ2n) is 8.71. The third-order valence-corrected chi connectivity index (χ3v) is 8.26. The molecule has 1 amide bonds. The van der Waals surface area contributed by atoms with Gasteiger partial charge in [-0.3, -0.25) is 4.79 Å². The van der Waals surface area contributed by atoms with E-state index in [0.717, 1.165) is 37.5 Å². The normalized spacial score (nSPS) is 37.2. The summed E-state index contributed by atoms with van der Waals surface area (Å²) in [4.78, 5) is 29.1. The number of nitrogens with zero attached hydrogens (tertiary/aromatic N) is 2. The highest BCUT2D eigenvalue weighted by Gasteiger charge is 2.60. The Morgan fingerprint density at radius 2 is 2.14 bits per heavy atom. The number of aliphatic hydroxyl groups is 1. The van der Waals surface area contributed by atoms with Crippen LogP contribution in [0.2, 0.25) is 0 Å². The molecule has 3 saturated heterocycles. The number of likely N-dealkylation sites (tertiary alicyclic amines) is 1. The number of rotatable bonds is 6. The van der Waals surface area contributed by atoms with Crippen LogP contribution in [0.3, 0.4) is 0 Å². The molecule has 0 radical (unpaired) electrons. The highest BCUT2D eigenvalue weighted by molar-refractivity contribution is 8.03. The van der Waals surface area contributed by atoms with Gasteiger partial charge in [-0.05, 0) is 39.3 Å². The zero-order chi connectivity index (χ0) is 20.0. The zero-order valence-electron chi connectivity index (χ0n) is 16.6. The van der Waals surface area contributed by atoms with Crippen LogP contribution in [0.25, 0.3) is 0 Å². The van der Waals surface area contributed by atoms with Crippen LogP contribution in [-0.4, -0.2) is 81.5 Å². The summed E-state index contributed by atoms with van der Waals surface area (Å²) in [5, 5.41) is 23.7. The SMILES string of the molecule is C[C@@H](O)[C@H]1C(=O)N2C(C(=O)O)=C(S[C@@H]3CCN(CC4CCCCN4)C3)[C@H](C)[C@H]12. The number of carboxylic acids is 1. The number of piperidine rings is 1. The molecule has 0 aromatic carbocycles. The minimum atomic E-state index is -1.03. The Morgan fingerprint density at radius 3 is 2.79 bits per heavy atom. The van der Waals surface area contributed by atoms with Gasteiger partial charge in [0.05, 0.1) is 18.1 Å². The molecular weight excluding hydrogens is 378 g/mol. The van der Waals surface area contributed by atoms with E-state index in [9.17, 15) is 19.8 Å². The molecule has 1 unspecified atom stereocenters. The van der Waals surface area contributed by atoms with Crippen molar-refractivity contribution in [2.45, 2.75) is 63.0 Å². The summed E-state index contributed by atoms with van der Waals surface area (Å²) in [5.74, 6) is -1.81. The first-order valence-corrected chi connectivity index (χ1v) is 11.4. The number of hydrogen-bond donors (Lipinski definition) is 3. The molecule has 7 nitrogen and oxygen atoms in total. The predicted octanol–water partition coefficient (Wildman–Crippen LogP) is 1.09. The first-order chi connectivity index (χ1) is 13.4. The van der Waals surface area contributed by atoms with E-state index in [0.29, 0.717) is 11.3 Å². The van der Waals surface area contributed by atoms with Gasteiger partial charge in [0.2, 0.25) is 5.91 Å². The largest absolute Gasteiger partial charge is 0.477 e. The quantitative estimate of drug-likeness (QED) is 0.566. The van der Waals surface area contributed by atoms with Gasteiger partial charge < -0.3 is 25.3 Å². The molecule has 6 atom stereocenters. The maximum atomic E-state index is 12.4. The third-order valence-electron chi connectivity index (χ3n) is 6.72. The van der Waals surface area contributed by atoms with E-state index in [1.165, 1.54) is 24.2 Å². The molecule has 0 aliphatic carbocycles. The Kier molecular flexibility index (Phi) is 5.75. The number of hydrogen-bond acceptors (Lipinski definition) is 6. The summed E-state index contributed by atoms with van der Waals surface area (Å²) in [6.45, 7) is 7.79. The molecule has 4 aliphatic rings. The van der Waals surface area contributed by atoms with Crippen LogP contribution < -0.4 is 5.32 Å². The molecule has 3 N–H and O–H groups in total. The van der Waals surface area contributed by atoms with Crippen LogP contribution >= 0.6 is 11.8 Å². The van der Waals surface area contributed by atoms with Gasteiger partial charge in [0, 0.05) is 35.2 Å². The van der Waals surface area contributed by atoms with Gasteiger partial charge in [0.15, 0.2) is 0 Å². The Bertz CT molecular complexity index is 676. The maximum Gasteiger partial charge on any atom is 0.353 e. The molecule has 0 bridgehead atoms. The van der Waals surface area contributed by atoms with Crippen molar-refractivity contribution in [3.63, 3.8) is 0 Å². The van der Waals surface area contributed by atoms with E-state index in [-0.39, 0.29) is 23.6 Å². The van der Waals surface area contributed by atoms with Crippen molar-refractivity contribution >= 4 is 23.6 Å². The lowest BCUT2D eigenvalue weighted by Crippen LogP contribution is -2.63. The predicted molar refractivity (Wildman–Crippen MR) is 108 cm³/mol. The summed E-state index contributed by atoms with van der Waals surface area (Å²) in [6.07, 6.45) is 4.09. The Balaban J connectivity index is 1.42. The van der Waals surface area contributed by atoms with Crippen molar-refractivity contribution in [1.82, 2.24) is 15.1 Å². The fourth-order valence-electron chi connectivity index (χ4n) is 5.31. The van der Waals surface area contributed by atoms with Gasteiger partial charge in [0.1, 0.15) is 5.70 Å². The number of carbonyl (C=O) groups excluding carboxylic acids is 1. The van der Waals surface area contributed by atoms with E-state index < -0.39 is 18.0 Å². The molecule has 4 aliphatic heterocycles. The maximum absolute atomic E-state index is 12.4. The van der Waals surface area contributed by atoms with Crippen molar-refractivity contribution in [2.24, 2.45) is 11.8 Å². The molecule has 28 heavy (non-hydrogen) atoms. The molecule has 4 heterocycles. The number of fused-ring (bicyclic) bond motifs is 1. The van der Waals surface area contributed by atoms with Crippen molar-refractivity contribution in [3.8, 4) is 0 Å². The number of aliphatic hydroxyl groups excluding tert-OH is 1. The Labute approximate surface area is 170 Å². The standard InChI is InChI=1S/C20H31N3O4S/c1-11-16-15(12(2)24)19(25)23(16)17(20(26)27)18(11)28-14-6-8-22(10-14)9-13-5-3-4-7-21-13/h11-16,21,24H,3-10H2,1-2H3,(H,26,27)/t11-,12-,13?,14-,15-,16-/m1/s1. The fraction of sp³-hybridized carbons (Fsp3) is 0.800. The van der Waals surface area contributed by atoms with Gasteiger partial charge in [-0.1, -0.05) is 13.3 Å². The van der Waals surface area contributed by atoms with E-state index in [4.69, 9.17) is 0 Å². The average molecular weight is 410 g/mol. The van der Waals surface area contributed by atoms with Gasteiger partial charge in [0.25, 0.3) is 0 Å². The molecule has 0 saturated carbocycles. The first-order valence-electron chi connectivity index (χ1n) is 10.5. The van der Waals surface area contributed by atoms with Crippen molar-refractivity contribution in [1.29, 1.82) is 0 Å². The van der Waals surface area contributed by atoms with Crippen LogP contribution in [0.4, 0.5) is 0 Å². The molecule has 0 aromatic heterocycles. The summed E-state index contributed by atoms with van der Waals surface area (Å²) in [5.41, 5.74) is 0.150. The Morgan fingerprint density at radius 1 is 1.36 bits per heavy atom. The van der Waals surface area contributed by atoms with E-state index in [2.05, 4.69) is 10.2 Å². The number of thioether (sulfide) groups is 1. The van der Waals surface area contributed by atoms with Crippen LogP contribution in [0.5, 0.6) is 0 Å². The number of carbonyl (C=O) groups is 2. The second-order valence-corrected chi connectivity index (χ2v) is 10.0. The van der Waals surface area contributed by atoms with Crippen LogP contribution in [-0.2, 0) is 9.59 Å². The summed E-state index contributed by atoms with van der Waals surface area (Å²) < 4.78 is 0. The molecule has 156 valence electrons. The van der Waals surface area contributed by atoms with Crippen LogP contribution in [0.15, 0.2) is 10.6 Å². The highest BCUT2D eigenvalue weighted by Crippen LogP contribution is 2.51. The zero-order valence-corrected chi connectivity index (χ0v) is 17.5. The molecule has 4 rings (SSSR count). The fourth-order valence-corrected chi connectivity index (χ4v) is 6.83. The minimum absolute atomic E-state index is 0.0394. The average Bonchev–Trinajstić information content (AvgIpc) is 3.17. The second kappa shape index (κ2) is 7.97. The van der Waals surface area contributed by atoms with Crippen molar-refractivity contribution in [2.75, 3.05) is 26.2 Å². The van der Waals surface area contributed by atoms with Crippen molar-refractivity contribution < 1.29 is 19.8 Å². The molecule has 0 spiro atoms. The summed E-state index contributed by atoms with van der Waals surface area (Å²) in [6, 6.07) is 0.355. The highest BCUT2D eigenvalue weighted by atomic mass is 32.2. The van der Waals surface area contributed by atoms with Gasteiger partial charge in [-0.25, -0.2) is 4.79 Å². The molecular formula is C20H31N3O4S. The number of carboxylic acid groups (broad SMARTS) is 1. The van der Waals surface area contributed by atoms with E-state index in [1.807, 2.05) is 6.92 Å². The van der Waals surface area contributed by atoms with Crippen LogP contribution in [0.1, 0.15) is 39.5 Å².